The largest absolute Gasteiger partial charge is 0.481 e. The van der Waals surface area contributed by atoms with Crippen LogP contribution in [0.25, 0.3) is 0 Å². The smallest absolute Gasteiger partial charge is 0.263 e. The molecule has 7 heteroatoms. The second kappa shape index (κ2) is 8.18. The molecule has 6 nitrogen and oxygen atoms in total. The van der Waals surface area contributed by atoms with E-state index in [-0.39, 0.29) is 37.3 Å². The van der Waals surface area contributed by atoms with E-state index in [0.717, 1.165) is 5.56 Å². The fourth-order valence-electron chi connectivity index (χ4n) is 2.97. The monoisotopic (exact) mass is 372 g/mol. The number of nitrogens with zero attached hydrogens (tertiary/aromatic N) is 1. The van der Waals surface area contributed by atoms with Crippen LogP contribution in [0.1, 0.15) is 18.1 Å². The van der Waals surface area contributed by atoms with Gasteiger partial charge in [-0.2, -0.15) is 0 Å². The van der Waals surface area contributed by atoms with Crippen molar-refractivity contribution >= 4 is 17.5 Å². The molecular formula is C20H21FN2O4. The molecule has 0 bridgehead atoms. The predicted octanol–water partition coefficient (Wildman–Crippen LogP) is 2.72. The number of hydrogen-bond acceptors (Lipinski definition) is 4. The normalized spacial score (nSPS) is 16.3. The van der Waals surface area contributed by atoms with Crippen molar-refractivity contribution in [2.45, 2.75) is 26.1 Å². The van der Waals surface area contributed by atoms with E-state index in [2.05, 4.69) is 5.32 Å². The Morgan fingerprint density at radius 3 is 2.85 bits per heavy atom. The molecule has 0 aromatic heterocycles. The number of carbonyl (C=O) groups is 2. The lowest BCUT2D eigenvalue weighted by Crippen LogP contribution is -2.37. The average Bonchev–Trinajstić information content (AvgIpc) is 2.74. The zero-order valence-corrected chi connectivity index (χ0v) is 15.2. The van der Waals surface area contributed by atoms with Crippen molar-refractivity contribution < 1.29 is 23.5 Å². The number of carbonyl (C=O) groups excluding carboxylic acids is 2. The molecule has 27 heavy (non-hydrogen) atoms. The van der Waals surface area contributed by atoms with E-state index in [1.807, 2.05) is 0 Å². The van der Waals surface area contributed by atoms with Crippen LogP contribution in [0, 0.1) is 5.82 Å². The quantitative estimate of drug-likeness (QED) is 0.876. The van der Waals surface area contributed by atoms with Crippen molar-refractivity contribution in [3.8, 4) is 5.75 Å². The van der Waals surface area contributed by atoms with Crippen molar-refractivity contribution in [1.82, 2.24) is 4.90 Å². The first-order valence-corrected chi connectivity index (χ1v) is 8.58. The Hall–Kier alpha value is -2.93. The molecule has 1 heterocycles. The third-order valence-electron chi connectivity index (χ3n) is 4.26. The Kier molecular flexibility index (Phi) is 5.71. The maximum absolute atomic E-state index is 14.0. The highest BCUT2D eigenvalue weighted by molar-refractivity contribution is 5.92. The molecule has 2 aromatic carbocycles. The summed E-state index contributed by atoms with van der Waals surface area (Å²) >= 11 is 0. The minimum Gasteiger partial charge on any atom is -0.481 e. The van der Waals surface area contributed by atoms with Gasteiger partial charge in [0, 0.05) is 37.0 Å². The zero-order chi connectivity index (χ0) is 19.4. The maximum atomic E-state index is 14.0. The second-order valence-corrected chi connectivity index (χ2v) is 6.35. The van der Waals surface area contributed by atoms with Crippen LogP contribution in [-0.2, 0) is 27.4 Å². The van der Waals surface area contributed by atoms with Gasteiger partial charge in [0.2, 0.25) is 5.91 Å². The minimum atomic E-state index is -0.688. The third kappa shape index (κ3) is 4.43. The van der Waals surface area contributed by atoms with Crippen molar-refractivity contribution in [3.05, 3.63) is 59.4 Å². The summed E-state index contributed by atoms with van der Waals surface area (Å²) in [4.78, 5) is 25.9. The molecule has 0 radical (unpaired) electrons. The number of nitrogens with one attached hydrogen (secondary N) is 1. The average molecular weight is 372 g/mol. The highest BCUT2D eigenvalue weighted by atomic mass is 19.1. The van der Waals surface area contributed by atoms with Crippen LogP contribution in [0.5, 0.6) is 5.75 Å². The van der Waals surface area contributed by atoms with E-state index in [1.54, 1.807) is 48.2 Å². The van der Waals surface area contributed by atoms with E-state index in [4.69, 9.17) is 9.47 Å². The number of ether oxygens (including phenoxy) is 2. The van der Waals surface area contributed by atoms with Gasteiger partial charge in [0.15, 0.2) is 6.10 Å². The predicted molar refractivity (Wildman–Crippen MR) is 97.7 cm³/mol. The third-order valence-corrected chi connectivity index (χ3v) is 4.26. The number of methoxy groups -OCH3 is 1. The number of anilines is 1. The fraction of sp³-hybridized carbons (Fsp3) is 0.300. The summed E-state index contributed by atoms with van der Waals surface area (Å²) in [7, 11) is 1.44. The first-order chi connectivity index (χ1) is 13.0. The maximum Gasteiger partial charge on any atom is 0.263 e. The topological polar surface area (TPSA) is 67.9 Å². The van der Waals surface area contributed by atoms with Crippen LogP contribution >= 0.6 is 0 Å². The molecule has 1 atom stereocenters. The van der Waals surface area contributed by atoms with Crippen LogP contribution in [0.2, 0.25) is 0 Å². The molecule has 0 aliphatic carbocycles. The Morgan fingerprint density at radius 2 is 2.11 bits per heavy atom. The van der Waals surface area contributed by atoms with Gasteiger partial charge in [-0.05, 0) is 31.2 Å². The number of amides is 2. The molecule has 142 valence electrons. The van der Waals surface area contributed by atoms with Crippen LogP contribution in [0.4, 0.5) is 10.1 Å². The minimum absolute atomic E-state index is 0.0531. The summed E-state index contributed by atoms with van der Waals surface area (Å²) in [5.41, 5.74) is 1.75. The van der Waals surface area contributed by atoms with Crippen molar-refractivity contribution in [1.29, 1.82) is 0 Å². The van der Waals surface area contributed by atoms with E-state index < -0.39 is 6.10 Å². The Labute approximate surface area is 156 Å². The summed E-state index contributed by atoms with van der Waals surface area (Å²) in [5, 5.41) is 2.73. The van der Waals surface area contributed by atoms with Crippen molar-refractivity contribution in [2.75, 3.05) is 19.0 Å². The number of rotatable bonds is 5. The van der Waals surface area contributed by atoms with Gasteiger partial charge in [0.1, 0.15) is 18.2 Å². The van der Waals surface area contributed by atoms with Gasteiger partial charge in [0.05, 0.1) is 0 Å². The summed E-state index contributed by atoms with van der Waals surface area (Å²) in [5.74, 6) is -0.292. The number of hydrogen-bond donors (Lipinski definition) is 1. The molecule has 0 spiro atoms. The first kappa shape index (κ1) is 18.8. The Balaban J connectivity index is 1.85. The van der Waals surface area contributed by atoms with Gasteiger partial charge in [-0.1, -0.05) is 18.2 Å². The molecule has 1 aliphatic rings. The van der Waals surface area contributed by atoms with Crippen molar-refractivity contribution in [2.24, 2.45) is 0 Å². The summed E-state index contributed by atoms with van der Waals surface area (Å²) in [6.07, 6.45) is -0.688. The number of fused-ring (bicyclic) bond motifs is 1. The molecule has 0 unspecified atom stereocenters. The van der Waals surface area contributed by atoms with Crippen molar-refractivity contribution in [3.63, 3.8) is 0 Å². The van der Waals surface area contributed by atoms with Gasteiger partial charge in [-0.25, -0.2) is 4.39 Å². The number of benzene rings is 2. The number of halogens is 1. The van der Waals surface area contributed by atoms with Gasteiger partial charge in [0.25, 0.3) is 5.91 Å². The lowest BCUT2D eigenvalue weighted by atomic mass is 10.1. The molecule has 3 rings (SSSR count). The molecule has 2 aromatic rings. The van der Waals surface area contributed by atoms with Crippen LogP contribution < -0.4 is 10.1 Å². The lowest BCUT2D eigenvalue weighted by Gasteiger charge is -2.22. The molecule has 1 aliphatic heterocycles. The summed E-state index contributed by atoms with van der Waals surface area (Å²) < 4.78 is 24.6. The zero-order valence-electron chi connectivity index (χ0n) is 15.2. The van der Waals surface area contributed by atoms with E-state index in [0.29, 0.717) is 17.0 Å². The van der Waals surface area contributed by atoms with E-state index in [1.165, 1.54) is 13.2 Å². The van der Waals surface area contributed by atoms with E-state index >= 15 is 0 Å². The van der Waals surface area contributed by atoms with Gasteiger partial charge >= 0.3 is 0 Å². The first-order valence-electron chi connectivity index (χ1n) is 8.58. The summed E-state index contributed by atoms with van der Waals surface area (Å²) in [6, 6.07) is 11.5. The van der Waals surface area contributed by atoms with Crippen LogP contribution in [0.3, 0.4) is 0 Å². The molecule has 0 saturated heterocycles. The summed E-state index contributed by atoms with van der Waals surface area (Å²) in [6.45, 7) is 2.00. The fourth-order valence-corrected chi connectivity index (χ4v) is 2.97. The molecular weight excluding hydrogens is 351 g/mol. The van der Waals surface area contributed by atoms with Crippen LogP contribution in [-0.4, -0.2) is 36.5 Å². The van der Waals surface area contributed by atoms with Gasteiger partial charge in [-0.3, -0.25) is 9.59 Å². The van der Waals surface area contributed by atoms with E-state index in [9.17, 15) is 14.0 Å². The second-order valence-electron chi connectivity index (χ2n) is 6.35. The highest BCUT2D eigenvalue weighted by Gasteiger charge is 2.28. The Bertz CT molecular complexity index is 856. The van der Waals surface area contributed by atoms with Gasteiger partial charge < -0.3 is 19.7 Å². The molecule has 0 fully saturated rings. The van der Waals surface area contributed by atoms with Crippen LogP contribution in [0.15, 0.2) is 42.5 Å². The molecule has 2 amide bonds. The molecule has 0 saturated carbocycles. The Morgan fingerprint density at radius 1 is 1.33 bits per heavy atom. The molecule has 1 N–H and O–H groups in total. The highest BCUT2D eigenvalue weighted by Crippen LogP contribution is 2.29. The lowest BCUT2D eigenvalue weighted by molar-refractivity contribution is -0.138. The standard InChI is InChI=1S/C20H21FN2O4/c1-13-20(25)23(10-14-5-3-4-6-17(14)21)11-15-9-16(7-8-18(15)27-13)22-19(24)12-26-2/h3-9,13H,10-12H2,1-2H3,(H,22,24)/t13-/m1/s1. The SMILES string of the molecule is COCC(=O)Nc1ccc2c(c1)CN(Cc1ccccc1F)C(=O)[C@@H](C)O2. The van der Waals surface area contributed by atoms with Gasteiger partial charge in [-0.15, -0.1) is 0 Å².